The molecule has 1 aliphatic rings. The van der Waals surface area contributed by atoms with Crippen molar-refractivity contribution in [3.63, 3.8) is 0 Å². The maximum Gasteiger partial charge on any atom is 0.329 e. The van der Waals surface area contributed by atoms with E-state index in [4.69, 9.17) is 5.11 Å². The smallest absolute Gasteiger partial charge is 0.329 e. The monoisotopic (exact) mass is 197 g/mol. The van der Waals surface area contributed by atoms with Crippen LogP contribution < -0.4 is 0 Å². The summed E-state index contributed by atoms with van der Waals surface area (Å²) in [5.74, 6) is -1.14. The van der Waals surface area contributed by atoms with Gasteiger partial charge in [-0.2, -0.15) is 0 Å². The zero-order chi connectivity index (χ0) is 10.8. The summed E-state index contributed by atoms with van der Waals surface area (Å²) in [6.45, 7) is 3.88. The molecule has 0 aromatic rings. The van der Waals surface area contributed by atoms with Gasteiger partial charge < -0.3 is 10.0 Å². The van der Waals surface area contributed by atoms with E-state index in [9.17, 15) is 9.59 Å². The molecule has 0 saturated carbocycles. The quantitative estimate of drug-likeness (QED) is 0.672. The van der Waals surface area contributed by atoms with Crippen LogP contribution in [0.1, 0.15) is 26.7 Å². The number of carboxylic acids is 1. The van der Waals surface area contributed by atoms with Crippen molar-refractivity contribution in [2.24, 2.45) is 0 Å². The molecule has 78 valence electrons. The van der Waals surface area contributed by atoms with Gasteiger partial charge in [-0.1, -0.05) is 6.08 Å². The van der Waals surface area contributed by atoms with E-state index >= 15 is 0 Å². The molecule has 0 aliphatic carbocycles. The van der Waals surface area contributed by atoms with Crippen LogP contribution in [0.5, 0.6) is 0 Å². The highest BCUT2D eigenvalue weighted by Gasteiger charge is 2.45. The summed E-state index contributed by atoms with van der Waals surface area (Å²) >= 11 is 0. The summed E-state index contributed by atoms with van der Waals surface area (Å²) in [4.78, 5) is 24.0. The van der Waals surface area contributed by atoms with Crippen LogP contribution in [0.15, 0.2) is 12.2 Å². The third-order valence-electron chi connectivity index (χ3n) is 2.68. The maximum atomic E-state index is 11.5. The van der Waals surface area contributed by atoms with Gasteiger partial charge in [0.15, 0.2) is 0 Å². The molecule has 0 aromatic carbocycles. The first kappa shape index (κ1) is 10.8. The van der Waals surface area contributed by atoms with E-state index in [-0.39, 0.29) is 5.91 Å². The van der Waals surface area contributed by atoms with Gasteiger partial charge in [-0.3, -0.25) is 4.79 Å². The number of allylic oxidation sites excluding steroid dienone is 1. The van der Waals surface area contributed by atoms with E-state index < -0.39 is 11.5 Å². The van der Waals surface area contributed by atoms with Crippen LogP contribution in [0.4, 0.5) is 0 Å². The number of hydrogen-bond acceptors (Lipinski definition) is 2. The molecule has 14 heavy (non-hydrogen) atoms. The first-order chi connectivity index (χ1) is 6.52. The SMILES string of the molecule is C/C=C/C(=O)N1CCCC1(C)C(=O)O. The number of carbonyl (C=O) groups is 2. The molecule has 4 heteroatoms. The lowest BCUT2D eigenvalue weighted by atomic mass is 9.99. The molecule has 1 fully saturated rings. The molecule has 0 bridgehead atoms. The molecule has 1 unspecified atom stereocenters. The third-order valence-corrected chi connectivity index (χ3v) is 2.68. The summed E-state index contributed by atoms with van der Waals surface area (Å²) in [5.41, 5.74) is -1.02. The van der Waals surface area contributed by atoms with E-state index in [1.54, 1.807) is 19.9 Å². The molecule has 1 amide bonds. The number of likely N-dealkylation sites (tertiary alicyclic amines) is 1. The van der Waals surface area contributed by atoms with Crippen molar-refractivity contribution in [3.8, 4) is 0 Å². The summed E-state index contributed by atoms with van der Waals surface area (Å²) in [5, 5.41) is 9.04. The highest BCUT2D eigenvalue weighted by Crippen LogP contribution is 2.29. The van der Waals surface area contributed by atoms with Gasteiger partial charge in [0.2, 0.25) is 5.91 Å². The van der Waals surface area contributed by atoms with Gasteiger partial charge in [-0.05, 0) is 32.8 Å². The third kappa shape index (κ3) is 1.64. The van der Waals surface area contributed by atoms with Gasteiger partial charge in [0.05, 0.1) is 0 Å². The Morgan fingerprint density at radius 2 is 2.14 bits per heavy atom. The largest absolute Gasteiger partial charge is 0.480 e. The van der Waals surface area contributed by atoms with Crippen LogP contribution in [-0.4, -0.2) is 34.0 Å². The van der Waals surface area contributed by atoms with Crippen LogP contribution >= 0.6 is 0 Å². The summed E-state index contributed by atoms with van der Waals surface area (Å²) < 4.78 is 0. The molecule has 0 spiro atoms. The standard InChI is InChI=1S/C10H15NO3/c1-3-5-8(12)11-7-4-6-10(11,2)9(13)14/h3,5H,4,6-7H2,1-2H3,(H,13,14)/b5-3+. The van der Waals surface area contributed by atoms with Gasteiger partial charge in [0, 0.05) is 6.54 Å². The van der Waals surface area contributed by atoms with Crippen LogP contribution in [0.25, 0.3) is 0 Å². The number of nitrogens with zero attached hydrogens (tertiary/aromatic N) is 1. The lowest BCUT2D eigenvalue weighted by molar-refractivity contribution is -0.153. The number of rotatable bonds is 2. The number of hydrogen-bond donors (Lipinski definition) is 1. The van der Waals surface area contributed by atoms with Gasteiger partial charge >= 0.3 is 5.97 Å². The second-order valence-electron chi connectivity index (χ2n) is 3.67. The normalized spacial score (nSPS) is 27.1. The number of aliphatic carboxylic acids is 1. The second kappa shape index (κ2) is 3.82. The Bertz CT molecular complexity index is 285. The van der Waals surface area contributed by atoms with Gasteiger partial charge in [-0.25, -0.2) is 4.79 Å². The van der Waals surface area contributed by atoms with E-state index in [1.807, 2.05) is 0 Å². The predicted molar refractivity (Wildman–Crippen MR) is 51.8 cm³/mol. The fourth-order valence-corrected chi connectivity index (χ4v) is 1.77. The molecular formula is C10H15NO3. The van der Waals surface area contributed by atoms with Crippen molar-refractivity contribution in [3.05, 3.63) is 12.2 Å². The molecule has 1 heterocycles. The van der Waals surface area contributed by atoms with Gasteiger partial charge in [0.1, 0.15) is 5.54 Å². The Labute approximate surface area is 83.2 Å². The molecule has 0 radical (unpaired) electrons. The minimum Gasteiger partial charge on any atom is -0.480 e. The van der Waals surface area contributed by atoms with E-state index in [1.165, 1.54) is 11.0 Å². The molecule has 1 rings (SSSR count). The van der Waals surface area contributed by atoms with Crippen molar-refractivity contribution < 1.29 is 14.7 Å². The van der Waals surface area contributed by atoms with Gasteiger partial charge in [-0.15, -0.1) is 0 Å². The number of amides is 1. The van der Waals surface area contributed by atoms with Crippen molar-refractivity contribution in [1.82, 2.24) is 4.90 Å². The Morgan fingerprint density at radius 3 is 2.64 bits per heavy atom. The molecular weight excluding hydrogens is 182 g/mol. The van der Waals surface area contributed by atoms with E-state index in [2.05, 4.69) is 0 Å². The molecule has 1 aliphatic heterocycles. The molecule has 1 atom stereocenters. The highest BCUT2D eigenvalue weighted by atomic mass is 16.4. The Hall–Kier alpha value is -1.32. The fraction of sp³-hybridized carbons (Fsp3) is 0.600. The first-order valence-corrected chi connectivity index (χ1v) is 4.70. The average molecular weight is 197 g/mol. The fourth-order valence-electron chi connectivity index (χ4n) is 1.77. The minimum atomic E-state index is -1.02. The van der Waals surface area contributed by atoms with Crippen molar-refractivity contribution in [2.45, 2.75) is 32.2 Å². The zero-order valence-corrected chi connectivity index (χ0v) is 8.49. The molecule has 1 saturated heterocycles. The number of carboxylic acid groups (broad SMARTS) is 1. The topological polar surface area (TPSA) is 57.6 Å². The lowest BCUT2D eigenvalue weighted by Crippen LogP contribution is -2.50. The average Bonchev–Trinajstić information content (AvgIpc) is 2.49. The minimum absolute atomic E-state index is 0.213. The summed E-state index contributed by atoms with van der Waals surface area (Å²) in [7, 11) is 0. The lowest BCUT2D eigenvalue weighted by Gasteiger charge is -2.30. The molecule has 1 N–H and O–H groups in total. The second-order valence-corrected chi connectivity index (χ2v) is 3.67. The Balaban J connectivity index is 2.88. The summed E-state index contributed by atoms with van der Waals surface area (Å²) in [6, 6.07) is 0. The van der Waals surface area contributed by atoms with E-state index in [0.29, 0.717) is 13.0 Å². The van der Waals surface area contributed by atoms with E-state index in [0.717, 1.165) is 6.42 Å². The van der Waals surface area contributed by atoms with Crippen LogP contribution in [0, 0.1) is 0 Å². The number of carbonyl (C=O) groups excluding carboxylic acids is 1. The predicted octanol–water partition coefficient (Wildman–Crippen LogP) is 1.03. The van der Waals surface area contributed by atoms with Gasteiger partial charge in [0.25, 0.3) is 0 Å². The molecule has 0 aromatic heterocycles. The molecule has 4 nitrogen and oxygen atoms in total. The van der Waals surface area contributed by atoms with Crippen LogP contribution in [0.2, 0.25) is 0 Å². The maximum absolute atomic E-state index is 11.5. The Kier molecular flexibility index (Phi) is 2.93. The Morgan fingerprint density at radius 1 is 1.50 bits per heavy atom. The summed E-state index contributed by atoms with van der Waals surface area (Å²) in [6.07, 6.45) is 4.33. The highest BCUT2D eigenvalue weighted by molar-refractivity contribution is 5.93. The van der Waals surface area contributed by atoms with Crippen molar-refractivity contribution >= 4 is 11.9 Å². The van der Waals surface area contributed by atoms with Crippen LogP contribution in [-0.2, 0) is 9.59 Å². The van der Waals surface area contributed by atoms with Crippen molar-refractivity contribution in [2.75, 3.05) is 6.54 Å². The zero-order valence-electron chi connectivity index (χ0n) is 8.49. The van der Waals surface area contributed by atoms with Crippen LogP contribution in [0.3, 0.4) is 0 Å². The van der Waals surface area contributed by atoms with Crippen molar-refractivity contribution in [1.29, 1.82) is 0 Å². The first-order valence-electron chi connectivity index (χ1n) is 4.70.